The van der Waals surface area contributed by atoms with E-state index in [1.165, 1.54) is 13.3 Å². The lowest BCUT2D eigenvalue weighted by Gasteiger charge is -2.22. The van der Waals surface area contributed by atoms with Crippen molar-refractivity contribution in [2.24, 2.45) is 0 Å². The van der Waals surface area contributed by atoms with Crippen molar-refractivity contribution >= 4 is 5.91 Å². The third-order valence-corrected chi connectivity index (χ3v) is 3.07. The normalized spacial score (nSPS) is 10.2. The summed E-state index contributed by atoms with van der Waals surface area (Å²) < 4.78 is 4.98. The third kappa shape index (κ3) is 4.03. The zero-order valence-corrected chi connectivity index (χ0v) is 11.9. The summed E-state index contributed by atoms with van der Waals surface area (Å²) in [6, 6.07) is 13.0. The maximum absolute atomic E-state index is 12.5. The van der Waals surface area contributed by atoms with Crippen LogP contribution in [-0.4, -0.2) is 41.2 Å². The molecule has 2 rings (SSSR count). The summed E-state index contributed by atoms with van der Waals surface area (Å²) >= 11 is 0. The van der Waals surface area contributed by atoms with Crippen LogP contribution in [0, 0.1) is 0 Å². The van der Waals surface area contributed by atoms with Crippen LogP contribution in [0.2, 0.25) is 0 Å². The smallest absolute Gasteiger partial charge is 0.255 e. The molecule has 1 aromatic heterocycles. The highest BCUT2D eigenvalue weighted by molar-refractivity contribution is 5.93. The average molecular weight is 286 g/mol. The minimum Gasteiger partial charge on any atom is -0.481 e. The highest BCUT2D eigenvalue weighted by Crippen LogP contribution is 2.12. The summed E-state index contributed by atoms with van der Waals surface area (Å²) in [5, 5.41) is 9.16. The van der Waals surface area contributed by atoms with E-state index in [9.17, 15) is 4.79 Å². The summed E-state index contributed by atoms with van der Waals surface area (Å²) in [5.41, 5.74) is 1.49. The number of pyridine rings is 1. The Morgan fingerprint density at radius 3 is 2.57 bits per heavy atom. The van der Waals surface area contributed by atoms with Gasteiger partial charge in [0.05, 0.1) is 19.3 Å². The molecular formula is C16H18N2O3. The number of amides is 1. The zero-order valence-electron chi connectivity index (χ0n) is 11.9. The van der Waals surface area contributed by atoms with Crippen molar-refractivity contribution in [3.63, 3.8) is 0 Å². The second kappa shape index (κ2) is 7.40. The number of rotatable bonds is 6. The van der Waals surface area contributed by atoms with Gasteiger partial charge in [-0.25, -0.2) is 4.98 Å². The summed E-state index contributed by atoms with van der Waals surface area (Å²) in [6.45, 7) is 0.647. The molecule has 0 atom stereocenters. The fourth-order valence-corrected chi connectivity index (χ4v) is 1.99. The van der Waals surface area contributed by atoms with E-state index < -0.39 is 0 Å². The molecule has 1 N–H and O–H groups in total. The SMILES string of the molecule is COc1ccc(C(=O)N(CCO)Cc2ccccc2)cn1. The maximum Gasteiger partial charge on any atom is 0.255 e. The first-order valence-electron chi connectivity index (χ1n) is 6.68. The van der Waals surface area contributed by atoms with E-state index >= 15 is 0 Å². The molecule has 1 amide bonds. The molecular weight excluding hydrogens is 268 g/mol. The standard InChI is InChI=1S/C16H18N2O3/c1-21-15-8-7-14(11-17-15)16(20)18(9-10-19)12-13-5-3-2-4-6-13/h2-8,11,19H,9-10,12H2,1H3. The lowest BCUT2D eigenvalue weighted by atomic mass is 10.2. The van der Waals surface area contributed by atoms with Gasteiger partial charge in [-0.3, -0.25) is 4.79 Å². The van der Waals surface area contributed by atoms with Gasteiger partial charge < -0.3 is 14.7 Å². The molecule has 0 aliphatic carbocycles. The van der Waals surface area contributed by atoms with Gasteiger partial charge in [0.25, 0.3) is 5.91 Å². The fraction of sp³-hybridized carbons (Fsp3) is 0.250. The summed E-state index contributed by atoms with van der Waals surface area (Å²) in [6.07, 6.45) is 1.48. The number of carbonyl (C=O) groups is 1. The molecule has 1 aromatic carbocycles. The summed E-state index contributed by atoms with van der Waals surface area (Å²) in [7, 11) is 1.53. The quantitative estimate of drug-likeness (QED) is 0.878. The van der Waals surface area contributed by atoms with Crippen LogP contribution in [0.1, 0.15) is 15.9 Å². The number of hydrogen-bond donors (Lipinski definition) is 1. The number of hydrogen-bond acceptors (Lipinski definition) is 4. The number of methoxy groups -OCH3 is 1. The molecule has 0 bridgehead atoms. The largest absolute Gasteiger partial charge is 0.481 e. The van der Waals surface area contributed by atoms with E-state index in [-0.39, 0.29) is 19.1 Å². The van der Waals surface area contributed by atoms with Crippen LogP contribution >= 0.6 is 0 Å². The minimum absolute atomic E-state index is 0.0812. The van der Waals surface area contributed by atoms with Crippen molar-refractivity contribution < 1.29 is 14.6 Å². The predicted molar refractivity (Wildman–Crippen MR) is 79.1 cm³/mol. The van der Waals surface area contributed by atoms with Crippen LogP contribution in [0.4, 0.5) is 0 Å². The van der Waals surface area contributed by atoms with Crippen LogP contribution in [0.15, 0.2) is 48.7 Å². The first-order valence-corrected chi connectivity index (χ1v) is 6.68. The van der Waals surface area contributed by atoms with Gasteiger partial charge in [-0.05, 0) is 11.6 Å². The van der Waals surface area contributed by atoms with Crippen molar-refractivity contribution in [3.05, 3.63) is 59.8 Å². The number of ether oxygens (including phenoxy) is 1. The van der Waals surface area contributed by atoms with E-state index in [2.05, 4.69) is 4.98 Å². The highest BCUT2D eigenvalue weighted by Gasteiger charge is 2.16. The second-order valence-corrected chi connectivity index (χ2v) is 4.53. The first-order chi connectivity index (χ1) is 10.2. The number of aliphatic hydroxyl groups excluding tert-OH is 1. The Hall–Kier alpha value is -2.40. The van der Waals surface area contributed by atoms with Crippen molar-refractivity contribution in [3.8, 4) is 5.88 Å². The van der Waals surface area contributed by atoms with Crippen molar-refractivity contribution in [1.29, 1.82) is 0 Å². The zero-order chi connectivity index (χ0) is 15.1. The molecule has 0 aliphatic heterocycles. The molecule has 2 aromatic rings. The maximum atomic E-state index is 12.5. The van der Waals surface area contributed by atoms with Crippen molar-refractivity contribution in [1.82, 2.24) is 9.88 Å². The average Bonchev–Trinajstić information content (AvgIpc) is 2.55. The fourth-order valence-electron chi connectivity index (χ4n) is 1.99. The number of nitrogens with zero attached hydrogens (tertiary/aromatic N) is 2. The molecule has 21 heavy (non-hydrogen) atoms. The van der Waals surface area contributed by atoms with Gasteiger partial charge in [0, 0.05) is 25.4 Å². The van der Waals surface area contributed by atoms with Gasteiger partial charge >= 0.3 is 0 Å². The first kappa shape index (κ1) is 15.0. The van der Waals surface area contributed by atoms with Crippen molar-refractivity contribution in [2.75, 3.05) is 20.3 Å². The van der Waals surface area contributed by atoms with Gasteiger partial charge in [-0.15, -0.1) is 0 Å². The van der Waals surface area contributed by atoms with Gasteiger partial charge in [0.1, 0.15) is 0 Å². The molecule has 5 nitrogen and oxygen atoms in total. The highest BCUT2D eigenvalue weighted by atomic mass is 16.5. The molecule has 0 unspecified atom stereocenters. The number of benzene rings is 1. The Morgan fingerprint density at radius 1 is 1.24 bits per heavy atom. The molecule has 0 saturated heterocycles. The Kier molecular flexibility index (Phi) is 5.29. The van der Waals surface area contributed by atoms with E-state index in [4.69, 9.17) is 9.84 Å². The van der Waals surface area contributed by atoms with Gasteiger partial charge in [0.2, 0.25) is 5.88 Å². The Bertz CT molecular complexity index is 570. The monoisotopic (exact) mass is 286 g/mol. The van der Waals surface area contributed by atoms with E-state index in [0.717, 1.165) is 5.56 Å². The van der Waals surface area contributed by atoms with Crippen LogP contribution < -0.4 is 4.74 Å². The molecule has 0 fully saturated rings. The lowest BCUT2D eigenvalue weighted by Crippen LogP contribution is -2.33. The van der Waals surface area contributed by atoms with Crippen LogP contribution in [-0.2, 0) is 6.54 Å². The Morgan fingerprint density at radius 2 is 2.00 bits per heavy atom. The van der Waals surface area contributed by atoms with Crippen molar-refractivity contribution in [2.45, 2.75) is 6.54 Å². The topological polar surface area (TPSA) is 62.7 Å². The minimum atomic E-state index is -0.164. The van der Waals surface area contributed by atoms with E-state index in [1.807, 2.05) is 30.3 Å². The predicted octanol–water partition coefficient (Wildman–Crippen LogP) is 1.72. The van der Waals surface area contributed by atoms with Crippen LogP contribution in [0.5, 0.6) is 5.88 Å². The third-order valence-electron chi connectivity index (χ3n) is 3.07. The molecule has 1 heterocycles. The van der Waals surface area contributed by atoms with Gasteiger partial charge in [0.15, 0.2) is 0 Å². The van der Waals surface area contributed by atoms with Gasteiger partial charge in [-0.1, -0.05) is 30.3 Å². The number of aromatic nitrogens is 1. The molecule has 0 saturated carbocycles. The Labute approximate surface area is 123 Å². The molecule has 0 spiro atoms. The van der Waals surface area contributed by atoms with Crippen LogP contribution in [0.25, 0.3) is 0 Å². The van der Waals surface area contributed by atoms with E-state index in [1.54, 1.807) is 17.0 Å². The molecule has 5 heteroatoms. The molecule has 0 radical (unpaired) electrons. The summed E-state index contributed by atoms with van der Waals surface area (Å²) in [5.74, 6) is 0.298. The number of aliphatic hydroxyl groups is 1. The second-order valence-electron chi connectivity index (χ2n) is 4.53. The lowest BCUT2D eigenvalue weighted by molar-refractivity contribution is 0.0707. The van der Waals surface area contributed by atoms with Crippen LogP contribution in [0.3, 0.4) is 0 Å². The number of carbonyl (C=O) groups excluding carboxylic acids is 1. The molecule has 0 aliphatic rings. The molecule has 110 valence electrons. The van der Waals surface area contributed by atoms with E-state index in [0.29, 0.717) is 18.0 Å². The Balaban J connectivity index is 2.14. The summed E-state index contributed by atoms with van der Waals surface area (Å²) in [4.78, 5) is 18.1. The van der Waals surface area contributed by atoms with Gasteiger partial charge in [-0.2, -0.15) is 0 Å².